The van der Waals surface area contributed by atoms with Gasteiger partial charge in [0.25, 0.3) is 10.0 Å². The van der Waals surface area contributed by atoms with Crippen molar-refractivity contribution >= 4 is 53.2 Å². The minimum atomic E-state index is -5.10. The number of hydrogen-bond acceptors (Lipinski definition) is 3. The van der Waals surface area contributed by atoms with Gasteiger partial charge in [-0.05, 0) is 28.1 Å². The molecule has 0 aliphatic heterocycles. The second-order valence-corrected chi connectivity index (χ2v) is 8.94. The van der Waals surface area contributed by atoms with E-state index in [9.17, 15) is 30.4 Å². The Kier molecular flexibility index (Phi) is 4.32. The molecule has 2 aromatic heterocycles. The fourth-order valence-electron chi connectivity index (χ4n) is 2.10. The molecule has 12 heteroatoms. The summed E-state index contributed by atoms with van der Waals surface area (Å²) in [5, 5.41) is 0. The largest absolute Gasteiger partial charge is 0.419 e. The van der Waals surface area contributed by atoms with Crippen molar-refractivity contribution in [2.45, 2.75) is 11.1 Å². The van der Waals surface area contributed by atoms with Crippen molar-refractivity contribution in [2.75, 3.05) is 4.72 Å². The van der Waals surface area contributed by atoms with E-state index in [1.165, 1.54) is 0 Å². The number of sulfonamides is 1. The number of benzene rings is 1. The summed E-state index contributed by atoms with van der Waals surface area (Å²) in [6, 6.07) is 1.68. The Labute approximate surface area is 149 Å². The van der Waals surface area contributed by atoms with Gasteiger partial charge in [-0.2, -0.15) is 13.2 Å². The number of nitrogens with one attached hydrogen (secondary N) is 2. The molecule has 2 heterocycles. The summed E-state index contributed by atoms with van der Waals surface area (Å²) >= 11 is 4.27. The van der Waals surface area contributed by atoms with E-state index in [0.717, 1.165) is 17.5 Å². The van der Waals surface area contributed by atoms with Crippen molar-refractivity contribution in [1.82, 2.24) is 4.98 Å². The van der Waals surface area contributed by atoms with Gasteiger partial charge < -0.3 is 4.98 Å². The standard InChI is InChI=1S/C13H6BrF5N2O2S2/c14-11-3-9-12(24-11)10(4-20-9)25(22,23)21-8-2-6(15)5(1-7(8)16)13(17,18)19/h1-4,20-21H. The Bertz CT molecular complexity index is 1070. The van der Waals surface area contributed by atoms with Crippen molar-refractivity contribution in [1.29, 1.82) is 0 Å². The zero-order valence-electron chi connectivity index (χ0n) is 11.7. The predicted molar refractivity (Wildman–Crippen MR) is 86.0 cm³/mol. The number of anilines is 1. The molecule has 0 aliphatic rings. The van der Waals surface area contributed by atoms with Gasteiger partial charge in [0.1, 0.15) is 16.5 Å². The van der Waals surface area contributed by atoms with Crippen LogP contribution in [0.2, 0.25) is 0 Å². The lowest BCUT2D eigenvalue weighted by Crippen LogP contribution is -2.15. The zero-order valence-corrected chi connectivity index (χ0v) is 14.9. The molecular weight excluding hydrogens is 455 g/mol. The number of rotatable bonds is 3. The maximum Gasteiger partial charge on any atom is 0.419 e. The summed E-state index contributed by atoms with van der Waals surface area (Å²) in [5.74, 6) is -3.33. The molecule has 0 spiro atoms. The van der Waals surface area contributed by atoms with Crippen LogP contribution in [0.25, 0.3) is 10.2 Å². The number of halogens is 6. The van der Waals surface area contributed by atoms with Crippen LogP contribution in [0.4, 0.5) is 27.6 Å². The summed E-state index contributed by atoms with van der Waals surface area (Å²) in [5.41, 5.74) is -2.24. The topological polar surface area (TPSA) is 62.0 Å². The Balaban J connectivity index is 2.03. The molecule has 0 radical (unpaired) electrons. The Morgan fingerprint density at radius 1 is 1.12 bits per heavy atom. The molecule has 0 saturated carbocycles. The second-order valence-electron chi connectivity index (χ2n) is 4.86. The monoisotopic (exact) mass is 460 g/mol. The smallest absolute Gasteiger partial charge is 0.359 e. The Hall–Kier alpha value is -1.66. The van der Waals surface area contributed by atoms with Gasteiger partial charge in [0.15, 0.2) is 0 Å². The van der Waals surface area contributed by atoms with Crippen LogP contribution < -0.4 is 4.72 Å². The van der Waals surface area contributed by atoms with Gasteiger partial charge in [-0.15, -0.1) is 11.3 Å². The lowest BCUT2D eigenvalue weighted by atomic mass is 10.2. The van der Waals surface area contributed by atoms with E-state index in [1.54, 1.807) is 10.8 Å². The summed E-state index contributed by atoms with van der Waals surface area (Å²) in [6.45, 7) is 0. The number of aromatic amines is 1. The second kappa shape index (κ2) is 5.95. The van der Waals surface area contributed by atoms with Crippen molar-refractivity contribution in [3.63, 3.8) is 0 Å². The van der Waals surface area contributed by atoms with E-state index in [-0.39, 0.29) is 17.0 Å². The summed E-state index contributed by atoms with van der Waals surface area (Å²) in [7, 11) is -4.35. The molecule has 0 atom stereocenters. The Morgan fingerprint density at radius 3 is 2.44 bits per heavy atom. The SMILES string of the molecule is O=S(=O)(Nc1cc(F)c(C(F)(F)F)cc1F)c1c[nH]c2cc(Br)sc12. The van der Waals surface area contributed by atoms with Crippen LogP contribution in [0.15, 0.2) is 33.1 Å². The van der Waals surface area contributed by atoms with E-state index in [2.05, 4.69) is 20.9 Å². The van der Waals surface area contributed by atoms with Gasteiger partial charge in [0.05, 0.1) is 25.3 Å². The molecule has 0 fully saturated rings. The van der Waals surface area contributed by atoms with Gasteiger partial charge in [-0.1, -0.05) is 0 Å². The highest BCUT2D eigenvalue weighted by molar-refractivity contribution is 9.11. The first-order valence-corrected chi connectivity index (χ1v) is 9.44. The van der Waals surface area contributed by atoms with Crippen LogP contribution >= 0.6 is 27.3 Å². The lowest BCUT2D eigenvalue weighted by Gasteiger charge is -2.12. The Morgan fingerprint density at radius 2 is 1.80 bits per heavy atom. The van der Waals surface area contributed by atoms with Crippen molar-refractivity contribution < 1.29 is 30.4 Å². The first-order chi connectivity index (χ1) is 11.5. The quantitative estimate of drug-likeness (QED) is 0.534. The van der Waals surface area contributed by atoms with Gasteiger partial charge in [-0.3, -0.25) is 4.72 Å². The number of alkyl halides is 3. The molecular formula is C13H6BrF5N2O2S2. The number of aromatic nitrogens is 1. The third-order valence-corrected chi connectivity index (χ3v) is 6.37. The molecule has 0 unspecified atom stereocenters. The van der Waals surface area contributed by atoms with E-state index in [0.29, 0.717) is 14.0 Å². The molecule has 134 valence electrons. The molecule has 0 saturated heterocycles. The van der Waals surface area contributed by atoms with Crippen LogP contribution in [0.5, 0.6) is 0 Å². The molecule has 3 rings (SSSR count). The molecule has 0 amide bonds. The lowest BCUT2D eigenvalue weighted by molar-refractivity contribution is -0.140. The van der Waals surface area contributed by atoms with Crippen LogP contribution in [0.1, 0.15) is 5.56 Å². The maximum absolute atomic E-state index is 13.8. The fourth-order valence-corrected chi connectivity index (χ4v) is 5.15. The minimum absolute atomic E-state index is 0.0956. The maximum atomic E-state index is 13.8. The molecule has 4 nitrogen and oxygen atoms in total. The minimum Gasteiger partial charge on any atom is -0.359 e. The summed E-state index contributed by atoms with van der Waals surface area (Å²) in [4.78, 5) is 2.46. The first-order valence-electron chi connectivity index (χ1n) is 6.34. The molecule has 25 heavy (non-hydrogen) atoms. The number of hydrogen-bond donors (Lipinski definition) is 2. The molecule has 0 aliphatic carbocycles. The van der Waals surface area contributed by atoms with Gasteiger partial charge in [0.2, 0.25) is 0 Å². The number of H-pyrrole nitrogens is 1. The third-order valence-electron chi connectivity index (χ3n) is 3.18. The van der Waals surface area contributed by atoms with Gasteiger partial charge in [-0.25, -0.2) is 17.2 Å². The van der Waals surface area contributed by atoms with E-state index in [4.69, 9.17) is 0 Å². The van der Waals surface area contributed by atoms with Crippen molar-refractivity contribution in [3.05, 3.63) is 45.4 Å². The van der Waals surface area contributed by atoms with E-state index in [1.807, 2.05) is 0 Å². The van der Waals surface area contributed by atoms with Crippen LogP contribution in [-0.2, 0) is 16.2 Å². The van der Waals surface area contributed by atoms with Gasteiger partial charge in [0, 0.05) is 12.3 Å². The van der Waals surface area contributed by atoms with Crippen LogP contribution in [0.3, 0.4) is 0 Å². The zero-order chi connectivity index (χ0) is 18.6. The van der Waals surface area contributed by atoms with Crippen LogP contribution in [-0.4, -0.2) is 13.4 Å². The van der Waals surface area contributed by atoms with Crippen molar-refractivity contribution in [3.8, 4) is 0 Å². The number of thiophene rings is 1. The summed E-state index contributed by atoms with van der Waals surface area (Å²) in [6.07, 6.45) is -3.95. The normalized spacial score (nSPS) is 12.7. The van der Waals surface area contributed by atoms with Gasteiger partial charge >= 0.3 is 6.18 Å². The average Bonchev–Trinajstić information content (AvgIpc) is 2.99. The average molecular weight is 461 g/mol. The van der Waals surface area contributed by atoms with E-state index < -0.39 is 39.1 Å². The first kappa shape index (κ1) is 18.1. The molecule has 3 aromatic rings. The molecule has 0 bridgehead atoms. The van der Waals surface area contributed by atoms with Crippen molar-refractivity contribution in [2.24, 2.45) is 0 Å². The highest BCUT2D eigenvalue weighted by atomic mass is 79.9. The fraction of sp³-hybridized carbons (Fsp3) is 0.0769. The highest BCUT2D eigenvalue weighted by Crippen LogP contribution is 2.36. The predicted octanol–water partition coefficient (Wildman–Crippen LogP) is 5.09. The van der Waals surface area contributed by atoms with E-state index >= 15 is 0 Å². The third kappa shape index (κ3) is 3.37. The molecule has 1 aromatic carbocycles. The molecule has 2 N–H and O–H groups in total. The number of fused-ring (bicyclic) bond motifs is 1. The highest BCUT2D eigenvalue weighted by Gasteiger charge is 2.35. The van der Waals surface area contributed by atoms with Crippen LogP contribution in [0, 0.1) is 11.6 Å². The summed E-state index contributed by atoms with van der Waals surface area (Å²) < 4.78 is 92.5.